The van der Waals surface area contributed by atoms with E-state index in [1.807, 2.05) is 31.4 Å². The molecule has 0 saturated carbocycles. The predicted octanol–water partition coefficient (Wildman–Crippen LogP) is 2.65. The summed E-state index contributed by atoms with van der Waals surface area (Å²) < 4.78 is 11.7. The van der Waals surface area contributed by atoms with Gasteiger partial charge in [0.15, 0.2) is 5.96 Å². The number of H-pyrrole nitrogens is 1. The van der Waals surface area contributed by atoms with E-state index in [1.165, 1.54) is 0 Å². The minimum atomic E-state index is 0. The molecule has 1 aromatic carbocycles. The summed E-state index contributed by atoms with van der Waals surface area (Å²) in [6.07, 6.45) is 4.41. The first-order valence-electron chi connectivity index (χ1n) is 9.61. The first kappa shape index (κ1) is 21.1. The minimum absolute atomic E-state index is 0. The Labute approximate surface area is 182 Å². The second kappa shape index (κ2) is 10.2. The van der Waals surface area contributed by atoms with Crippen LogP contribution in [0.15, 0.2) is 41.5 Å². The highest BCUT2D eigenvalue weighted by molar-refractivity contribution is 14.0. The van der Waals surface area contributed by atoms with Crippen LogP contribution >= 0.6 is 24.0 Å². The van der Waals surface area contributed by atoms with E-state index in [9.17, 15) is 0 Å². The van der Waals surface area contributed by atoms with Gasteiger partial charge in [-0.1, -0.05) is 30.3 Å². The Morgan fingerprint density at radius 3 is 2.82 bits per heavy atom. The number of imidazole rings is 1. The van der Waals surface area contributed by atoms with Crippen molar-refractivity contribution in [1.82, 2.24) is 20.2 Å². The Balaban J connectivity index is 0.00000225. The number of hydrogen-bond acceptors (Lipinski definition) is 4. The standard InChI is InChI=1S/C20H27N5O2.HI/c1-21-20(25-9-11-27-18(14-25)17-8-5-10-26-17)23-13-19-22-12-16(24-19)15-6-3-2-4-7-15;/h2-4,6-7,12,17-18H,5,8-11,13-14H2,1H3,(H,21,23)(H,22,24);1H. The molecule has 4 rings (SSSR count). The van der Waals surface area contributed by atoms with Crippen LogP contribution in [-0.4, -0.2) is 66.4 Å². The topological polar surface area (TPSA) is 74.8 Å². The molecule has 28 heavy (non-hydrogen) atoms. The number of nitrogens with one attached hydrogen (secondary N) is 2. The van der Waals surface area contributed by atoms with E-state index in [1.54, 1.807) is 0 Å². The van der Waals surface area contributed by atoms with Crippen molar-refractivity contribution in [3.63, 3.8) is 0 Å². The van der Waals surface area contributed by atoms with E-state index in [4.69, 9.17) is 9.47 Å². The lowest BCUT2D eigenvalue weighted by Crippen LogP contribution is -2.53. The molecule has 2 saturated heterocycles. The maximum Gasteiger partial charge on any atom is 0.194 e. The minimum Gasteiger partial charge on any atom is -0.375 e. The molecule has 0 radical (unpaired) electrons. The molecule has 7 nitrogen and oxygen atoms in total. The van der Waals surface area contributed by atoms with Crippen molar-refractivity contribution in [2.24, 2.45) is 4.99 Å². The van der Waals surface area contributed by atoms with Gasteiger partial charge in [0, 0.05) is 26.7 Å². The molecular formula is C20H28IN5O2. The van der Waals surface area contributed by atoms with Gasteiger partial charge < -0.3 is 24.7 Å². The molecule has 2 atom stereocenters. The van der Waals surface area contributed by atoms with Crippen molar-refractivity contribution >= 4 is 29.9 Å². The van der Waals surface area contributed by atoms with Crippen LogP contribution in [0.4, 0.5) is 0 Å². The SMILES string of the molecule is CN=C(NCc1ncc(-c2ccccc2)[nH]1)N1CCOC(C2CCCO2)C1.I. The molecule has 2 N–H and O–H groups in total. The molecule has 3 heterocycles. The van der Waals surface area contributed by atoms with Crippen LogP contribution in [0.5, 0.6) is 0 Å². The smallest absolute Gasteiger partial charge is 0.194 e. The quantitative estimate of drug-likeness (QED) is 0.386. The highest BCUT2D eigenvalue weighted by Gasteiger charge is 2.32. The van der Waals surface area contributed by atoms with Crippen LogP contribution in [0.3, 0.4) is 0 Å². The van der Waals surface area contributed by atoms with Crippen molar-refractivity contribution in [1.29, 1.82) is 0 Å². The molecule has 152 valence electrons. The summed E-state index contributed by atoms with van der Waals surface area (Å²) >= 11 is 0. The Hall–Kier alpha value is -1.65. The molecule has 2 unspecified atom stereocenters. The molecule has 0 aliphatic carbocycles. The number of aromatic nitrogens is 2. The fraction of sp³-hybridized carbons (Fsp3) is 0.500. The van der Waals surface area contributed by atoms with Gasteiger partial charge in [-0.05, 0) is 18.4 Å². The molecule has 2 aromatic rings. The van der Waals surface area contributed by atoms with E-state index < -0.39 is 0 Å². The molecule has 2 aliphatic heterocycles. The summed E-state index contributed by atoms with van der Waals surface area (Å²) in [6.45, 7) is 3.78. The summed E-state index contributed by atoms with van der Waals surface area (Å²) in [4.78, 5) is 14.6. The number of morpholine rings is 1. The molecule has 2 aliphatic rings. The summed E-state index contributed by atoms with van der Waals surface area (Å²) in [6, 6.07) is 10.2. The van der Waals surface area contributed by atoms with Crippen molar-refractivity contribution < 1.29 is 9.47 Å². The van der Waals surface area contributed by atoms with Crippen molar-refractivity contribution in [3.05, 3.63) is 42.4 Å². The summed E-state index contributed by atoms with van der Waals surface area (Å²) in [5.41, 5.74) is 2.15. The zero-order valence-electron chi connectivity index (χ0n) is 16.1. The predicted molar refractivity (Wildman–Crippen MR) is 120 cm³/mol. The van der Waals surface area contributed by atoms with E-state index in [-0.39, 0.29) is 36.2 Å². The third-order valence-corrected chi connectivity index (χ3v) is 5.11. The first-order valence-corrected chi connectivity index (χ1v) is 9.61. The van der Waals surface area contributed by atoms with E-state index in [2.05, 4.69) is 37.3 Å². The Morgan fingerprint density at radius 2 is 2.07 bits per heavy atom. The summed E-state index contributed by atoms with van der Waals surface area (Å²) in [5.74, 6) is 1.76. The van der Waals surface area contributed by atoms with Gasteiger partial charge in [-0.25, -0.2) is 4.98 Å². The van der Waals surface area contributed by atoms with Crippen molar-refractivity contribution in [2.45, 2.75) is 31.6 Å². The highest BCUT2D eigenvalue weighted by atomic mass is 127. The lowest BCUT2D eigenvalue weighted by molar-refractivity contribution is -0.0817. The molecule has 0 spiro atoms. The maximum atomic E-state index is 5.93. The van der Waals surface area contributed by atoms with Crippen molar-refractivity contribution in [3.8, 4) is 11.3 Å². The van der Waals surface area contributed by atoms with Gasteiger partial charge >= 0.3 is 0 Å². The molecule has 2 fully saturated rings. The fourth-order valence-electron chi connectivity index (χ4n) is 3.70. The number of ether oxygens (including phenoxy) is 2. The number of nitrogens with zero attached hydrogens (tertiary/aromatic N) is 3. The Kier molecular flexibility index (Phi) is 7.69. The molecular weight excluding hydrogens is 469 g/mol. The van der Waals surface area contributed by atoms with E-state index in [0.717, 1.165) is 55.6 Å². The van der Waals surface area contributed by atoms with Crippen LogP contribution in [-0.2, 0) is 16.0 Å². The number of aliphatic imine (C=N–C) groups is 1. The van der Waals surface area contributed by atoms with Crippen LogP contribution in [0.1, 0.15) is 18.7 Å². The van der Waals surface area contributed by atoms with Gasteiger partial charge in [-0.2, -0.15) is 0 Å². The van der Waals surface area contributed by atoms with Gasteiger partial charge in [-0.3, -0.25) is 4.99 Å². The number of benzene rings is 1. The van der Waals surface area contributed by atoms with Crippen molar-refractivity contribution in [2.75, 3.05) is 33.4 Å². The molecule has 0 amide bonds. The van der Waals surface area contributed by atoms with E-state index >= 15 is 0 Å². The lowest BCUT2D eigenvalue weighted by Gasteiger charge is -2.37. The highest BCUT2D eigenvalue weighted by Crippen LogP contribution is 2.21. The van der Waals surface area contributed by atoms with Gasteiger partial charge in [0.1, 0.15) is 11.9 Å². The first-order chi connectivity index (χ1) is 13.3. The fourth-order valence-corrected chi connectivity index (χ4v) is 3.70. The monoisotopic (exact) mass is 497 g/mol. The maximum absolute atomic E-state index is 5.93. The zero-order chi connectivity index (χ0) is 18.5. The van der Waals surface area contributed by atoms with Gasteiger partial charge in [0.2, 0.25) is 0 Å². The lowest BCUT2D eigenvalue weighted by atomic mass is 10.1. The van der Waals surface area contributed by atoms with Crippen LogP contribution in [0.25, 0.3) is 11.3 Å². The van der Waals surface area contributed by atoms with Crippen LogP contribution in [0, 0.1) is 0 Å². The summed E-state index contributed by atoms with van der Waals surface area (Å²) in [5, 5.41) is 3.42. The normalized spacial score (nSPS) is 22.8. The Morgan fingerprint density at radius 1 is 1.25 bits per heavy atom. The Bertz CT molecular complexity index is 761. The molecule has 8 heteroatoms. The van der Waals surface area contributed by atoms with Gasteiger partial charge in [0.25, 0.3) is 0 Å². The third kappa shape index (κ3) is 5.03. The largest absolute Gasteiger partial charge is 0.375 e. The van der Waals surface area contributed by atoms with Crippen LogP contribution < -0.4 is 5.32 Å². The van der Waals surface area contributed by atoms with Crippen LogP contribution in [0.2, 0.25) is 0 Å². The molecule has 1 aromatic heterocycles. The van der Waals surface area contributed by atoms with Gasteiger partial charge in [0.05, 0.1) is 31.1 Å². The number of halogens is 1. The second-order valence-corrected chi connectivity index (χ2v) is 6.92. The number of guanidine groups is 1. The third-order valence-electron chi connectivity index (χ3n) is 5.11. The second-order valence-electron chi connectivity index (χ2n) is 6.92. The molecule has 0 bridgehead atoms. The average Bonchev–Trinajstić information content (AvgIpc) is 3.42. The van der Waals surface area contributed by atoms with Gasteiger partial charge in [-0.15, -0.1) is 24.0 Å². The van der Waals surface area contributed by atoms with E-state index in [0.29, 0.717) is 13.2 Å². The average molecular weight is 497 g/mol. The number of aromatic amines is 1. The number of rotatable bonds is 4. The zero-order valence-corrected chi connectivity index (χ0v) is 18.5. The number of hydrogen-bond donors (Lipinski definition) is 2. The summed E-state index contributed by atoms with van der Waals surface area (Å²) in [7, 11) is 1.82.